The van der Waals surface area contributed by atoms with Crippen LogP contribution in [0.1, 0.15) is 84.0 Å². The Morgan fingerprint density at radius 3 is 1.68 bits per heavy atom. The van der Waals surface area contributed by atoms with Gasteiger partial charge in [-0.3, -0.25) is 4.79 Å². The standard InChI is InChI=1S/C28H43NO2/c1-2-3-4-5-6-7-8-9-10-11-12-13-14-15-16-17-18-19-20-25-28(31)29-26-23-21-22-24-27(26)30/h3-4,6-7,9-10,12-13,15-16,18-19,26-27,30H,2,5,8,11,14,17,20-25H2,1H3,(H,29,31)/b4-3+,7-6+,10-9+,13-12+,16-15+,19-18+/t26-,27-/m0/s1. The van der Waals surface area contributed by atoms with Crippen molar-refractivity contribution in [3.63, 3.8) is 0 Å². The number of nitrogens with one attached hydrogen (secondary N) is 1. The number of carbonyl (C=O) groups excluding carboxylic acids is 1. The highest BCUT2D eigenvalue weighted by molar-refractivity contribution is 5.76. The third-order valence-corrected chi connectivity index (χ3v) is 5.21. The van der Waals surface area contributed by atoms with Crippen molar-refractivity contribution in [2.24, 2.45) is 0 Å². The van der Waals surface area contributed by atoms with E-state index in [0.717, 1.165) is 70.6 Å². The molecule has 31 heavy (non-hydrogen) atoms. The molecule has 3 heteroatoms. The lowest BCUT2D eigenvalue weighted by Gasteiger charge is -2.28. The topological polar surface area (TPSA) is 49.3 Å². The molecule has 1 aliphatic rings. The first-order valence-corrected chi connectivity index (χ1v) is 12.1. The molecule has 1 saturated carbocycles. The molecule has 1 fully saturated rings. The highest BCUT2D eigenvalue weighted by Gasteiger charge is 2.23. The summed E-state index contributed by atoms with van der Waals surface area (Å²) in [4.78, 5) is 12.0. The van der Waals surface area contributed by atoms with Crippen molar-refractivity contribution >= 4 is 5.91 Å². The van der Waals surface area contributed by atoms with Crippen LogP contribution in [0.5, 0.6) is 0 Å². The van der Waals surface area contributed by atoms with E-state index in [4.69, 9.17) is 0 Å². The van der Waals surface area contributed by atoms with Crippen LogP contribution in [0.3, 0.4) is 0 Å². The molecule has 2 atom stereocenters. The van der Waals surface area contributed by atoms with E-state index in [-0.39, 0.29) is 18.1 Å². The lowest BCUT2D eigenvalue weighted by atomic mass is 9.92. The molecule has 0 radical (unpaired) electrons. The quantitative estimate of drug-likeness (QED) is 0.281. The average Bonchev–Trinajstić information content (AvgIpc) is 2.77. The molecule has 3 nitrogen and oxygen atoms in total. The molecule has 0 unspecified atom stereocenters. The summed E-state index contributed by atoms with van der Waals surface area (Å²) in [6, 6.07) is -0.0495. The molecule has 1 rings (SSSR count). The Hall–Kier alpha value is -2.13. The Labute approximate surface area is 190 Å². The number of aliphatic hydroxyl groups excluding tert-OH is 1. The molecule has 0 aromatic rings. The van der Waals surface area contributed by atoms with Gasteiger partial charge >= 0.3 is 0 Å². The Balaban J connectivity index is 1.98. The van der Waals surface area contributed by atoms with Crippen LogP contribution in [0.25, 0.3) is 0 Å². The van der Waals surface area contributed by atoms with Gasteiger partial charge in [0.1, 0.15) is 0 Å². The number of rotatable bonds is 15. The maximum atomic E-state index is 12.0. The minimum absolute atomic E-state index is 0.0467. The molecule has 1 amide bonds. The van der Waals surface area contributed by atoms with E-state index in [1.54, 1.807) is 0 Å². The van der Waals surface area contributed by atoms with Gasteiger partial charge in [-0.1, -0.05) is 92.7 Å². The molecule has 0 heterocycles. The second-order valence-corrected chi connectivity index (χ2v) is 7.98. The number of aliphatic hydroxyl groups is 1. The number of hydrogen-bond acceptors (Lipinski definition) is 2. The summed E-state index contributed by atoms with van der Waals surface area (Å²) in [7, 11) is 0. The summed E-state index contributed by atoms with van der Waals surface area (Å²) >= 11 is 0. The zero-order valence-electron chi connectivity index (χ0n) is 19.4. The van der Waals surface area contributed by atoms with Crippen LogP contribution in [0.15, 0.2) is 72.9 Å². The van der Waals surface area contributed by atoms with Crippen molar-refractivity contribution in [2.45, 2.75) is 96.1 Å². The van der Waals surface area contributed by atoms with E-state index in [0.29, 0.717) is 6.42 Å². The third kappa shape index (κ3) is 16.3. The van der Waals surface area contributed by atoms with Crippen LogP contribution in [0.2, 0.25) is 0 Å². The predicted molar refractivity (Wildman–Crippen MR) is 134 cm³/mol. The number of carbonyl (C=O) groups is 1. The largest absolute Gasteiger partial charge is 0.391 e. The SMILES string of the molecule is CC/C=C/C/C=C/C/C=C/C/C=C/C/C=C/C/C=C/CCC(=O)N[C@H]1CCCC[C@@H]1O. The van der Waals surface area contributed by atoms with Crippen LogP contribution in [-0.2, 0) is 4.79 Å². The zero-order chi connectivity index (χ0) is 22.4. The Kier molecular flexibility index (Phi) is 17.2. The first-order chi connectivity index (χ1) is 15.2. The van der Waals surface area contributed by atoms with Crippen LogP contribution >= 0.6 is 0 Å². The van der Waals surface area contributed by atoms with Crippen molar-refractivity contribution in [2.75, 3.05) is 0 Å². The van der Waals surface area contributed by atoms with Gasteiger partial charge in [-0.05, 0) is 57.8 Å². The van der Waals surface area contributed by atoms with Crippen LogP contribution in [0.4, 0.5) is 0 Å². The summed E-state index contributed by atoms with van der Waals surface area (Å²) in [6.45, 7) is 2.15. The lowest BCUT2D eigenvalue weighted by molar-refractivity contribution is -0.122. The van der Waals surface area contributed by atoms with Crippen molar-refractivity contribution in [1.29, 1.82) is 0 Å². The summed E-state index contributed by atoms with van der Waals surface area (Å²) in [5.41, 5.74) is 0. The van der Waals surface area contributed by atoms with Gasteiger partial charge in [-0.2, -0.15) is 0 Å². The summed E-state index contributed by atoms with van der Waals surface area (Å²) in [5, 5.41) is 12.9. The lowest BCUT2D eigenvalue weighted by Crippen LogP contribution is -2.44. The van der Waals surface area contributed by atoms with Gasteiger partial charge in [0.25, 0.3) is 0 Å². The van der Waals surface area contributed by atoms with E-state index in [9.17, 15) is 9.90 Å². The van der Waals surface area contributed by atoms with E-state index in [1.807, 2.05) is 0 Å². The van der Waals surface area contributed by atoms with Crippen LogP contribution in [-0.4, -0.2) is 23.2 Å². The second-order valence-electron chi connectivity index (χ2n) is 7.98. The van der Waals surface area contributed by atoms with E-state index >= 15 is 0 Å². The van der Waals surface area contributed by atoms with E-state index in [1.165, 1.54) is 0 Å². The van der Waals surface area contributed by atoms with Gasteiger partial charge in [-0.25, -0.2) is 0 Å². The third-order valence-electron chi connectivity index (χ3n) is 5.21. The number of allylic oxidation sites excluding steroid dienone is 12. The summed E-state index contributed by atoms with van der Waals surface area (Å²) in [6.07, 6.45) is 36.9. The van der Waals surface area contributed by atoms with Gasteiger partial charge in [0.05, 0.1) is 12.1 Å². The minimum Gasteiger partial charge on any atom is -0.391 e. The van der Waals surface area contributed by atoms with Crippen molar-refractivity contribution in [1.82, 2.24) is 5.32 Å². The molecule has 0 aromatic carbocycles. The fourth-order valence-corrected chi connectivity index (χ4v) is 3.41. The highest BCUT2D eigenvalue weighted by atomic mass is 16.3. The first-order valence-electron chi connectivity index (χ1n) is 12.1. The molecule has 0 spiro atoms. The van der Waals surface area contributed by atoms with Gasteiger partial charge in [0, 0.05) is 6.42 Å². The van der Waals surface area contributed by atoms with E-state index < -0.39 is 0 Å². The maximum Gasteiger partial charge on any atom is 0.220 e. The smallest absolute Gasteiger partial charge is 0.220 e. The Bertz CT molecular complexity index is 625. The highest BCUT2D eigenvalue weighted by Crippen LogP contribution is 2.18. The molecule has 0 aromatic heterocycles. The number of amides is 1. The molecule has 0 aliphatic heterocycles. The minimum atomic E-state index is -0.372. The molecule has 0 saturated heterocycles. The van der Waals surface area contributed by atoms with Crippen molar-refractivity contribution in [3.8, 4) is 0 Å². The van der Waals surface area contributed by atoms with Gasteiger partial charge in [0.2, 0.25) is 5.91 Å². The van der Waals surface area contributed by atoms with Gasteiger partial charge in [0.15, 0.2) is 0 Å². The predicted octanol–water partition coefficient (Wildman–Crippen LogP) is 6.88. The summed E-state index contributed by atoms with van der Waals surface area (Å²) in [5.74, 6) is 0.0467. The monoisotopic (exact) mass is 425 g/mol. The van der Waals surface area contributed by atoms with E-state index in [2.05, 4.69) is 85.2 Å². The van der Waals surface area contributed by atoms with Crippen molar-refractivity contribution in [3.05, 3.63) is 72.9 Å². The molecule has 1 aliphatic carbocycles. The molecule has 172 valence electrons. The Morgan fingerprint density at radius 2 is 1.19 bits per heavy atom. The van der Waals surface area contributed by atoms with Crippen LogP contribution in [0, 0.1) is 0 Å². The number of hydrogen-bond donors (Lipinski definition) is 2. The normalized spacial score (nSPS) is 20.5. The molecular formula is C28H43NO2. The second kappa shape index (κ2) is 19.8. The first kappa shape index (κ1) is 26.9. The maximum absolute atomic E-state index is 12.0. The summed E-state index contributed by atoms with van der Waals surface area (Å²) < 4.78 is 0. The zero-order valence-corrected chi connectivity index (χ0v) is 19.4. The molecule has 0 bridgehead atoms. The molecule has 2 N–H and O–H groups in total. The van der Waals surface area contributed by atoms with Crippen LogP contribution < -0.4 is 5.32 Å². The fourth-order valence-electron chi connectivity index (χ4n) is 3.41. The van der Waals surface area contributed by atoms with Crippen molar-refractivity contribution < 1.29 is 9.90 Å². The molecular weight excluding hydrogens is 382 g/mol. The van der Waals surface area contributed by atoms with Gasteiger partial charge in [-0.15, -0.1) is 0 Å². The average molecular weight is 426 g/mol. The Morgan fingerprint density at radius 1 is 0.742 bits per heavy atom. The fraction of sp³-hybridized carbons (Fsp3) is 0.536. The van der Waals surface area contributed by atoms with Gasteiger partial charge < -0.3 is 10.4 Å².